The molecule has 2 aliphatic rings. The number of rotatable bonds is 4. The number of hydrogen-bond acceptors (Lipinski definition) is 2. The van der Waals surface area contributed by atoms with E-state index in [4.69, 9.17) is 5.73 Å². The van der Waals surface area contributed by atoms with Crippen molar-refractivity contribution in [1.82, 2.24) is 4.90 Å². The van der Waals surface area contributed by atoms with Gasteiger partial charge in [0.1, 0.15) is 0 Å². The highest BCUT2D eigenvalue weighted by Gasteiger charge is 2.43. The normalized spacial score (nSPS) is 38.8. The van der Waals surface area contributed by atoms with Crippen molar-refractivity contribution >= 4 is 0 Å². The second-order valence-electron chi connectivity index (χ2n) is 6.67. The SMILES string of the molecule is CCCC1CCCN(C2(CN)CCCC2C)CC1. The van der Waals surface area contributed by atoms with Crippen LogP contribution in [0.2, 0.25) is 0 Å². The minimum absolute atomic E-state index is 0.348. The fraction of sp³-hybridized carbons (Fsp3) is 1.00. The van der Waals surface area contributed by atoms with E-state index in [0.29, 0.717) is 5.54 Å². The fourth-order valence-electron chi connectivity index (χ4n) is 4.44. The summed E-state index contributed by atoms with van der Waals surface area (Å²) in [7, 11) is 0. The molecule has 0 aromatic rings. The summed E-state index contributed by atoms with van der Waals surface area (Å²) in [5.74, 6) is 1.77. The largest absolute Gasteiger partial charge is 0.329 e. The maximum Gasteiger partial charge on any atom is 0.0357 e. The molecule has 2 nitrogen and oxygen atoms in total. The van der Waals surface area contributed by atoms with E-state index in [1.54, 1.807) is 0 Å². The van der Waals surface area contributed by atoms with Gasteiger partial charge in [0, 0.05) is 12.1 Å². The molecule has 0 bridgehead atoms. The van der Waals surface area contributed by atoms with Crippen LogP contribution in [0.25, 0.3) is 0 Å². The van der Waals surface area contributed by atoms with E-state index in [-0.39, 0.29) is 0 Å². The summed E-state index contributed by atoms with van der Waals surface area (Å²) in [6, 6.07) is 0. The minimum atomic E-state index is 0.348. The molecule has 3 unspecified atom stereocenters. The van der Waals surface area contributed by atoms with Gasteiger partial charge in [0.05, 0.1) is 0 Å². The molecule has 2 fully saturated rings. The highest BCUT2D eigenvalue weighted by Crippen LogP contribution is 2.41. The van der Waals surface area contributed by atoms with E-state index in [9.17, 15) is 0 Å². The molecule has 1 heterocycles. The third-order valence-electron chi connectivity index (χ3n) is 5.69. The van der Waals surface area contributed by atoms with Crippen molar-refractivity contribution in [2.24, 2.45) is 17.6 Å². The lowest BCUT2D eigenvalue weighted by atomic mass is 9.86. The van der Waals surface area contributed by atoms with Gasteiger partial charge in [-0.05, 0) is 57.0 Å². The van der Waals surface area contributed by atoms with Crippen LogP contribution in [0.15, 0.2) is 0 Å². The van der Waals surface area contributed by atoms with Crippen LogP contribution in [0.5, 0.6) is 0 Å². The van der Waals surface area contributed by atoms with E-state index < -0.39 is 0 Å². The first-order chi connectivity index (χ1) is 8.73. The van der Waals surface area contributed by atoms with Crippen LogP contribution in [-0.4, -0.2) is 30.1 Å². The van der Waals surface area contributed by atoms with Crippen molar-refractivity contribution in [1.29, 1.82) is 0 Å². The first-order valence-electron chi connectivity index (χ1n) is 8.18. The molecule has 2 heteroatoms. The van der Waals surface area contributed by atoms with Crippen molar-refractivity contribution in [3.63, 3.8) is 0 Å². The molecule has 1 aliphatic carbocycles. The second kappa shape index (κ2) is 6.38. The fourth-order valence-corrected chi connectivity index (χ4v) is 4.44. The number of nitrogens with two attached hydrogens (primary N) is 1. The summed E-state index contributed by atoms with van der Waals surface area (Å²) < 4.78 is 0. The monoisotopic (exact) mass is 252 g/mol. The first kappa shape index (κ1) is 14.3. The quantitative estimate of drug-likeness (QED) is 0.831. The van der Waals surface area contributed by atoms with Gasteiger partial charge in [-0.3, -0.25) is 4.90 Å². The topological polar surface area (TPSA) is 29.3 Å². The smallest absolute Gasteiger partial charge is 0.0357 e. The summed E-state index contributed by atoms with van der Waals surface area (Å²) in [4.78, 5) is 2.78. The van der Waals surface area contributed by atoms with Crippen molar-refractivity contribution in [2.75, 3.05) is 19.6 Å². The molecule has 0 radical (unpaired) electrons. The highest BCUT2D eigenvalue weighted by atomic mass is 15.2. The zero-order chi connectivity index (χ0) is 13.0. The molecule has 2 rings (SSSR count). The van der Waals surface area contributed by atoms with Crippen LogP contribution >= 0.6 is 0 Å². The van der Waals surface area contributed by atoms with Crippen LogP contribution in [0.4, 0.5) is 0 Å². The Morgan fingerprint density at radius 3 is 2.61 bits per heavy atom. The maximum absolute atomic E-state index is 6.19. The Morgan fingerprint density at radius 2 is 2.00 bits per heavy atom. The van der Waals surface area contributed by atoms with Crippen molar-refractivity contribution < 1.29 is 0 Å². The molecule has 0 spiro atoms. The zero-order valence-electron chi connectivity index (χ0n) is 12.5. The summed E-state index contributed by atoms with van der Waals surface area (Å²) in [6.07, 6.45) is 11.1. The Bertz CT molecular complexity index is 253. The first-order valence-corrected chi connectivity index (χ1v) is 8.18. The standard InChI is InChI=1S/C16H32N2/c1-3-6-15-8-5-11-18(12-9-15)16(13-17)10-4-7-14(16)2/h14-15H,3-13,17H2,1-2H3. The molecule has 0 aromatic heterocycles. The molecule has 1 aliphatic heterocycles. The second-order valence-corrected chi connectivity index (χ2v) is 6.67. The number of nitrogens with zero attached hydrogens (tertiary/aromatic N) is 1. The van der Waals surface area contributed by atoms with Crippen LogP contribution in [0, 0.1) is 11.8 Å². The lowest BCUT2D eigenvalue weighted by Gasteiger charge is -2.43. The maximum atomic E-state index is 6.19. The zero-order valence-corrected chi connectivity index (χ0v) is 12.5. The van der Waals surface area contributed by atoms with Crippen LogP contribution in [0.1, 0.15) is 65.2 Å². The van der Waals surface area contributed by atoms with Gasteiger partial charge >= 0.3 is 0 Å². The molecule has 2 N–H and O–H groups in total. The highest BCUT2D eigenvalue weighted by molar-refractivity contribution is 5.00. The van der Waals surface area contributed by atoms with Gasteiger partial charge < -0.3 is 5.73 Å². The molecule has 1 saturated heterocycles. The van der Waals surface area contributed by atoms with Gasteiger partial charge in [-0.1, -0.05) is 33.1 Å². The van der Waals surface area contributed by atoms with E-state index in [0.717, 1.165) is 18.4 Å². The van der Waals surface area contributed by atoms with E-state index in [2.05, 4.69) is 18.7 Å². The predicted molar refractivity (Wildman–Crippen MR) is 78.6 cm³/mol. The van der Waals surface area contributed by atoms with Gasteiger partial charge in [0.2, 0.25) is 0 Å². The molecule has 106 valence electrons. The average Bonchev–Trinajstić information content (AvgIpc) is 2.60. The van der Waals surface area contributed by atoms with E-state index in [1.165, 1.54) is 64.5 Å². The Labute approximate surface area is 113 Å². The molecular weight excluding hydrogens is 220 g/mol. The minimum Gasteiger partial charge on any atom is -0.329 e. The van der Waals surface area contributed by atoms with E-state index >= 15 is 0 Å². The summed E-state index contributed by atoms with van der Waals surface area (Å²) in [5.41, 5.74) is 6.54. The van der Waals surface area contributed by atoms with Crippen LogP contribution < -0.4 is 5.73 Å². The predicted octanol–water partition coefficient (Wildman–Crippen LogP) is 3.41. The van der Waals surface area contributed by atoms with Gasteiger partial charge in [-0.25, -0.2) is 0 Å². The Balaban J connectivity index is 2.00. The average molecular weight is 252 g/mol. The van der Waals surface area contributed by atoms with Gasteiger partial charge in [0.25, 0.3) is 0 Å². The lowest BCUT2D eigenvalue weighted by molar-refractivity contribution is 0.0661. The molecule has 1 saturated carbocycles. The van der Waals surface area contributed by atoms with Crippen molar-refractivity contribution in [2.45, 2.75) is 70.8 Å². The third-order valence-corrected chi connectivity index (χ3v) is 5.69. The molecule has 0 aromatic carbocycles. The lowest BCUT2D eigenvalue weighted by Crippen LogP contribution is -2.56. The van der Waals surface area contributed by atoms with Crippen molar-refractivity contribution in [3.8, 4) is 0 Å². The third kappa shape index (κ3) is 2.75. The molecular formula is C16H32N2. The van der Waals surface area contributed by atoms with Gasteiger partial charge in [-0.15, -0.1) is 0 Å². The summed E-state index contributed by atoms with van der Waals surface area (Å²) in [5, 5.41) is 0. The Morgan fingerprint density at radius 1 is 1.17 bits per heavy atom. The molecule has 18 heavy (non-hydrogen) atoms. The molecule has 3 atom stereocenters. The van der Waals surface area contributed by atoms with Gasteiger partial charge in [-0.2, -0.15) is 0 Å². The Hall–Kier alpha value is -0.0800. The van der Waals surface area contributed by atoms with Crippen molar-refractivity contribution in [3.05, 3.63) is 0 Å². The van der Waals surface area contributed by atoms with Crippen LogP contribution in [0.3, 0.4) is 0 Å². The summed E-state index contributed by atoms with van der Waals surface area (Å²) >= 11 is 0. The summed E-state index contributed by atoms with van der Waals surface area (Å²) in [6.45, 7) is 8.21. The van der Waals surface area contributed by atoms with Gasteiger partial charge in [0.15, 0.2) is 0 Å². The Kier molecular flexibility index (Phi) is 5.08. The van der Waals surface area contributed by atoms with E-state index in [1.807, 2.05) is 0 Å². The number of likely N-dealkylation sites (tertiary alicyclic amines) is 1. The van der Waals surface area contributed by atoms with Crippen LogP contribution in [-0.2, 0) is 0 Å². The molecule has 0 amide bonds. The number of hydrogen-bond donors (Lipinski definition) is 1.